The van der Waals surface area contributed by atoms with Crippen LogP contribution in [-0.2, 0) is 24.2 Å². The first-order valence-corrected chi connectivity index (χ1v) is 11.7. The number of hydrogen-bond donors (Lipinski definition) is 0. The fraction of sp³-hybridized carbons (Fsp3) is 0.407. The maximum Gasteiger partial charge on any atom is 0.229 e. The van der Waals surface area contributed by atoms with E-state index in [9.17, 15) is 4.79 Å². The smallest absolute Gasteiger partial charge is 0.229 e. The van der Waals surface area contributed by atoms with E-state index in [2.05, 4.69) is 57.1 Å². The summed E-state index contributed by atoms with van der Waals surface area (Å²) in [5.74, 6) is 1.07. The number of likely N-dealkylation sites (tertiary alicyclic amines) is 1. The molecule has 1 saturated heterocycles. The number of hydrogen-bond acceptors (Lipinski definition) is 5. The van der Waals surface area contributed by atoms with E-state index < -0.39 is 5.41 Å². The van der Waals surface area contributed by atoms with Gasteiger partial charge in [0.15, 0.2) is 0 Å². The number of aromatic nitrogens is 3. The van der Waals surface area contributed by atoms with E-state index >= 15 is 0 Å². The van der Waals surface area contributed by atoms with Crippen molar-refractivity contribution in [2.24, 2.45) is 5.41 Å². The molecule has 1 aromatic carbocycles. The summed E-state index contributed by atoms with van der Waals surface area (Å²) >= 11 is 0. The van der Waals surface area contributed by atoms with Crippen molar-refractivity contribution in [2.75, 3.05) is 27.2 Å². The van der Waals surface area contributed by atoms with Crippen LogP contribution in [0.1, 0.15) is 36.7 Å². The van der Waals surface area contributed by atoms with Crippen LogP contribution in [0, 0.1) is 5.41 Å². The van der Waals surface area contributed by atoms with Crippen molar-refractivity contribution in [1.82, 2.24) is 24.8 Å². The van der Waals surface area contributed by atoms with Crippen molar-refractivity contribution in [3.8, 4) is 11.1 Å². The molecular weight excluding hydrogens is 410 g/mol. The average molecular weight is 444 g/mol. The van der Waals surface area contributed by atoms with Crippen LogP contribution in [0.15, 0.2) is 61.2 Å². The average Bonchev–Trinajstić information content (AvgIpc) is 2.85. The molecule has 2 aromatic heterocycles. The lowest BCUT2D eigenvalue weighted by molar-refractivity contribution is -0.143. The Bertz CT molecular complexity index is 1070. The van der Waals surface area contributed by atoms with Gasteiger partial charge < -0.3 is 4.90 Å². The summed E-state index contributed by atoms with van der Waals surface area (Å²) in [7, 11) is 3.73. The maximum atomic E-state index is 13.5. The highest BCUT2D eigenvalue weighted by atomic mass is 16.2. The molecule has 4 rings (SSSR count). The molecule has 1 amide bonds. The molecule has 1 atom stereocenters. The van der Waals surface area contributed by atoms with Gasteiger partial charge in [-0.3, -0.25) is 14.7 Å². The second kappa shape index (κ2) is 10.2. The molecule has 3 heterocycles. The van der Waals surface area contributed by atoms with Gasteiger partial charge in [0.2, 0.25) is 5.91 Å². The molecule has 0 N–H and O–H groups in total. The van der Waals surface area contributed by atoms with Crippen molar-refractivity contribution >= 4 is 5.91 Å². The Morgan fingerprint density at radius 1 is 1.06 bits per heavy atom. The van der Waals surface area contributed by atoms with Crippen molar-refractivity contribution in [2.45, 2.75) is 39.2 Å². The van der Waals surface area contributed by atoms with Gasteiger partial charge in [-0.2, -0.15) is 0 Å². The van der Waals surface area contributed by atoms with Crippen LogP contribution in [0.25, 0.3) is 11.1 Å². The highest BCUT2D eigenvalue weighted by Crippen LogP contribution is 2.36. The summed E-state index contributed by atoms with van der Waals surface area (Å²) in [4.78, 5) is 30.8. The maximum absolute atomic E-state index is 13.5. The van der Waals surface area contributed by atoms with Crippen LogP contribution < -0.4 is 0 Å². The van der Waals surface area contributed by atoms with E-state index in [1.807, 2.05) is 38.8 Å². The summed E-state index contributed by atoms with van der Waals surface area (Å²) in [6, 6.07) is 12.6. The van der Waals surface area contributed by atoms with Gasteiger partial charge in [0, 0.05) is 64.0 Å². The minimum absolute atomic E-state index is 0.205. The van der Waals surface area contributed by atoms with E-state index in [0.29, 0.717) is 0 Å². The third-order valence-corrected chi connectivity index (χ3v) is 6.46. The number of carbonyl (C=O) groups is 1. The molecule has 0 radical (unpaired) electrons. The molecule has 172 valence electrons. The first kappa shape index (κ1) is 23.1. The molecule has 0 bridgehead atoms. The van der Waals surface area contributed by atoms with Gasteiger partial charge in [0.25, 0.3) is 0 Å². The van der Waals surface area contributed by atoms with Gasteiger partial charge in [-0.05, 0) is 48.6 Å². The molecule has 1 aliphatic heterocycles. The van der Waals surface area contributed by atoms with Crippen molar-refractivity contribution in [1.29, 1.82) is 0 Å². The van der Waals surface area contributed by atoms with E-state index in [4.69, 9.17) is 0 Å². The molecular formula is C27H33N5O. The number of benzene rings is 1. The minimum atomic E-state index is -0.445. The molecule has 0 aliphatic carbocycles. The lowest BCUT2D eigenvalue weighted by atomic mass is 9.73. The van der Waals surface area contributed by atoms with E-state index in [0.717, 1.165) is 67.8 Å². The van der Waals surface area contributed by atoms with Crippen molar-refractivity contribution in [3.05, 3.63) is 78.1 Å². The first-order valence-electron chi connectivity index (χ1n) is 11.7. The van der Waals surface area contributed by atoms with Crippen LogP contribution in [0.3, 0.4) is 0 Å². The molecule has 0 spiro atoms. The Hall–Kier alpha value is -3.12. The standard InChI is InChI=1S/C27H33N5O/c1-4-25-29-16-22(17-30-25)19-32-13-7-11-27(20-32,26(33)31(2)3)15-21-8-5-9-23(14-21)24-10-6-12-28-18-24/h5-6,8-10,12,14,16-18H,4,7,11,13,15,19-20H2,1-3H3/t27-/m0/s1. The number of piperidine rings is 1. The van der Waals surface area contributed by atoms with Gasteiger partial charge in [0.1, 0.15) is 5.82 Å². The number of aryl methyl sites for hydroxylation is 1. The van der Waals surface area contributed by atoms with Gasteiger partial charge in [-0.1, -0.05) is 37.3 Å². The fourth-order valence-electron chi connectivity index (χ4n) is 4.92. The van der Waals surface area contributed by atoms with Gasteiger partial charge in [-0.15, -0.1) is 0 Å². The third kappa shape index (κ3) is 5.45. The van der Waals surface area contributed by atoms with Crippen LogP contribution in [0.4, 0.5) is 0 Å². The molecule has 0 saturated carbocycles. The molecule has 1 aliphatic rings. The molecule has 1 fully saturated rings. The van der Waals surface area contributed by atoms with E-state index in [-0.39, 0.29) is 5.91 Å². The van der Waals surface area contributed by atoms with Gasteiger partial charge >= 0.3 is 0 Å². The van der Waals surface area contributed by atoms with Crippen LogP contribution in [-0.4, -0.2) is 57.8 Å². The van der Waals surface area contributed by atoms with Crippen molar-refractivity contribution in [3.63, 3.8) is 0 Å². The molecule has 3 aromatic rings. The molecule has 6 heteroatoms. The summed E-state index contributed by atoms with van der Waals surface area (Å²) in [5, 5.41) is 0. The Morgan fingerprint density at radius 3 is 2.55 bits per heavy atom. The normalized spacial score (nSPS) is 18.8. The molecule has 33 heavy (non-hydrogen) atoms. The highest BCUT2D eigenvalue weighted by Gasteiger charge is 2.43. The lowest BCUT2D eigenvalue weighted by Crippen LogP contribution is -2.52. The Morgan fingerprint density at radius 2 is 1.85 bits per heavy atom. The fourth-order valence-corrected chi connectivity index (χ4v) is 4.92. The second-order valence-corrected chi connectivity index (χ2v) is 9.27. The summed E-state index contributed by atoms with van der Waals surface area (Å²) in [6.07, 6.45) is 11.0. The molecule has 6 nitrogen and oxygen atoms in total. The minimum Gasteiger partial charge on any atom is -0.348 e. The van der Waals surface area contributed by atoms with E-state index in [1.54, 1.807) is 11.1 Å². The Kier molecular flexibility index (Phi) is 7.14. The number of nitrogens with zero attached hydrogens (tertiary/aromatic N) is 5. The summed E-state index contributed by atoms with van der Waals surface area (Å²) in [5.41, 5.74) is 4.06. The van der Waals surface area contributed by atoms with Crippen LogP contribution >= 0.6 is 0 Å². The molecule has 0 unspecified atom stereocenters. The summed E-state index contributed by atoms with van der Waals surface area (Å²) < 4.78 is 0. The third-order valence-electron chi connectivity index (χ3n) is 6.46. The van der Waals surface area contributed by atoms with Gasteiger partial charge in [0.05, 0.1) is 5.41 Å². The Balaban J connectivity index is 1.58. The SMILES string of the molecule is CCc1ncc(CN2CCC[C@@](Cc3cccc(-c4cccnc4)c3)(C(=O)N(C)C)C2)cn1. The Labute approximate surface area is 196 Å². The quantitative estimate of drug-likeness (QED) is 0.552. The van der Waals surface area contributed by atoms with Gasteiger partial charge in [-0.25, -0.2) is 9.97 Å². The van der Waals surface area contributed by atoms with E-state index in [1.165, 1.54) is 5.56 Å². The number of rotatable bonds is 7. The van der Waals surface area contributed by atoms with Crippen LogP contribution in [0.5, 0.6) is 0 Å². The number of pyridine rings is 1. The summed E-state index contributed by atoms with van der Waals surface area (Å²) in [6.45, 7) is 4.54. The zero-order valence-electron chi connectivity index (χ0n) is 19.9. The van der Waals surface area contributed by atoms with Crippen molar-refractivity contribution < 1.29 is 4.79 Å². The monoisotopic (exact) mass is 443 g/mol. The predicted octanol–water partition coefficient (Wildman–Crippen LogP) is 4.01. The first-order chi connectivity index (χ1) is 16.0. The second-order valence-electron chi connectivity index (χ2n) is 9.27. The largest absolute Gasteiger partial charge is 0.348 e. The lowest BCUT2D eigenvalue weighted by Gasteiger charge is -2.43. The topological polar surface area (TPSA) is 62.2 Å². The number of amides is 1. The zero-order chi connectivity index (χ0) is 23.3. The van der Waals surface area contributed by atoms with Crippen LogP contribution in [0.2, 0.25) is 0 Å². The zero-order valence-corrected chi connectivity index (χ0v) is 19.9. The number of carbonyl (C=O) groups excluding carboxylic acids is 1. The highest BCUT2D eigenvalue weighted by molar-refractivity contribution is 5.83. The predicted molar refractivity (Wildman–Crippen MR) is 130 cm³/mol.